The Kier molecular flexibility index (Phi) is 5.48. The van der Waals surface area contributed by atoms with Crippen molar-refractivity contribution < 1.29 is 9.15 Å². The van der Waals surface area contributed by atoms with Crippen molar-refractivity contribution in [2.24, 2.45) is 0 Å². The summed E-state index contributed by atoms with van der Waals surface area (Å²) < 4.78 is 13.0. The predicted octanol–water partition coefficient (Wildman–Crippen LogP) is 5.28. The first kappa shape index (κ1) is 18.1. The first-order chi connectivity index (χ1) is 13.2. The van der Waals surface area contributed by atoms with Crippen LogP contribution >= 0.6 is 23.4 Å². The number of thioether (sulfide) groups is 1. The van der Waals surface area contributed by atoms with Crippen LogP contribution in [0.3, 0.4) is 0 Å². The Hall–Kier alpha value is -2.28. The van der Waals surface area contributed by atoms with Crippen LogP contribution in [0.25, 0.3) is 22.5 Å². The van der Waals surface area contributed by atoms with Crippen molar-refractivity contribution in [1.82, 2.24) is 14.5 Å². The Labute approximate surface area is 166 Å². The van der Waals surface area contributed by atoms with Crippen LogP contribution in [-0.4, -0.2) is 28.3 Å². The van der Waals surface area contributed by atoms with Gasteiger partial charge < -0.3 is 13.7 Å². The molecule has 2 aromatic heterocycles. The third-order valence-electron chi connectivity index (χ3n) is 4.12. The standard InChI is InChI=1S/C20H18ClN3O2S/c1-25-10-9-24-18-8-7-15(21)11-17(18)23-20(24)27-13-16-12-26-19(22-16)14-5-3-2-4-6-14/h2-8,11-12H,9-10,13H2,1H3. The Morgan fingerprint density at radius 2 is 2.00 bits per heavy atom. The van der Waals surface area contributed by atoms with Gasteiger partial charge in [0.05, 0.1) is 23.3 Å². The molecule has 0 saturated carbocycles. The lowest BCUT2D eigenvalue weighted by molar-refractivity contribution is 0.186. The number of hydrogen-bond acceptors (Lipinski definition) is 5. The second-order valence-electron chi connectivity index (χ2n) is 5.97. The fraction of sp³-hybridized carbons (Fsp3) is 0.200. The quantitative estimate of drug-likeness (QED) is 0.395. The number of nitrogens with zero attached hydrogens (tertiary/aromatic N) is 3. The maximum absolute atomic E-state index is 6.12. The van der Waals surface area contributed by atoms with Gasteiger partial charge in [0, 0.05) is 30.0 Å². The highest BCUT2D eigenvalue weighted by atomic mass is 35.5. The summed E-state index contributed by atoms with van der Waals surface area (Å²) in [6.45, 7) is 1.34. The Balaban J connectivity index is 1.55. The molecule has 0 bridgehead atoms. The molecule has 0 atom stereocenters. The maximum atomic E-state index is 6.12. The van der Waals surface area contributed by atoms with Crippen molar-refractivity contribution in [3.8, 4) is 11.5 Å². The molecule has 138 valence electrons. The van der Waals surface area contributed by atoms with Gasteiger partial charge in [-0.05, 0) is 30.3 Å². The lowest BCUT2D eigenvalue weighted by atomic mass is 10.2. The van der Waals surface area contributed by atoms with Crippen LogP contribution < -0.4 is 0 Å². The molecule has 0 saturated heterocycles. The van der Waals surface area contributed by atoms with Crippen LogP contribution in [0.15, 0.2) is 64.4 Å². The monoisotopic (exact) mass is 399 g/mol. The van der Waals surface area contributed by atoms with Crippen LogP contribution in [0.5, 0.6) is 0 Å². The van der Waals surface area contributed by atoms with Gasteiger partial charge in [0.2, 0.25) is 5.89 Å². The molecule has 0 aliphatic rings. The minimum atomic E-state index is 0.615. The summed E-state index contributed by atoms with van der Waals surface area (Å²) >= 11 is 7.74. The van der Waals surface area contributed by atoms with E-state index in [0.29, 0.717) is 23.3 Å². The topological polar surface area (TPSA) is 53.1 Å². The second kappa shape index (κ2) is 8.17. The van der Waals surface area contributed by atoms with Crippen molar-refractivity contribution >= 4 is 34.4 Å². The zero-order valence-electron chi connectivity index (χ0n) is 14.8. The molecule has 0 unspecified atom stereocenters. The predicted molar refractivity (Wildman–Crippen MR) is 108 cm³/mol. The average molecular weight is 400 g/mol. The van der Waals surface area contributed by atoms with Crippen LogP contribution in [0.2, 0.25) is 5.02 Å². The zero-order valence-corrected chi connectivity index (χ0v) is 16.3. The number of imidazole rings is 1. The third kappa shape index (κ3) is 4.03. The van der Waals surface area contributed by atoms with E-state index in [0.717, 1.165) is 34.0 Å². The summed E-state index contributed by atoms with van der Waals surface area (Å²) in [5.74, 6) is 1.30. The van der Waals surface area contributed by atoms with Gasteiger partial charge >= 0.3 is 0 Å². The minimum Gasteiger partial charge on any atom is -0.444 e. The zero-order chi connectivity index (χ0) is 18.6. The highest BCUT2D eigenvalue weighted by Gasteiger charge is 2.13. The van der Waals surface area contributed by atoms with Gasteiger partial charge in [0.25, 0.3) is 0 Å². The van der Waals surface area contributed by atoms with E-state index in [1.165, 1.54) is 0 Å². The molecule has 2 aromatic carbocycles. The summed E-state index contributed by atoms with van der Waals surface area (Å²) in [6.07, 6.45) is 1.70. The molecule has 0 amide bonds. The number of rotatable bonds is 7. The first-order valence-corrected chi connectivity index (χ1v) is 9.88. The van der Waals surface area contributed by atoms with Gasteiger partial charge in [0.1, 0.15) is 6.26 Å². The van der Waals surface area contributed by atoms with Crippen molar-refractivity contribution in [2.45, 2.75) is 17.5 Å². The number of ether oxygens (including phenoxy) is 1. The van der Waals surface area contributed by atoms with E-state index in [9.17, 15) is 0 Å². The lowest BCUT2D eigenvalue weighted by Gasteiger charge is -2.07. The molecule has 2 heterocycles. The van der Waals surface area contributed by atoms with Crippen LogP contribution in [0.4, 0.5) is 0 Å². The number of fused-ring (bicyclic) bond motifs is 1. The fourth-order valence-electron chi connectivity index (χ4n) is 2.81. The molecule has 7 heteroatoms. The number of halogens is 1. The average Bonchev–Trinajstić information content (AvgIpc) is 3.29. The van der Waals surface area contributed by atoms with Crippen molar-refractivity contribution in [3.05, 3.63) is 65.5 Å². The minimum absolute atomic E-state index is 0.615. The highest BCUT2D eigenvalue weighted by Crippen LogP contribution is 2.29. The molecular weight excluding hydrogens is 382 g/mol. The molecular formula is C20H18ClN3O2S. The summed E-state index contributed by atoms with van der Waals surface area (Å²) in [5, 5.41) is 1.59. The summed E-state index contributed by atoms with van der Waals surface area (Å²) in [6, 6.07) is 15.6. The number of methoxy groups -OCH3 is 1. The Morgan fingerprint density at radius 1 is 1.15 bits per heavy atom. The van der Waals surface area contributed by atoms with Crippen LogP contribution in [-0.2, 0) is 17.0 Å². The van der Waals surface area contributed by atoms with E-state index in [2.05, 4.69) is 9.55 Å². The third-order valence-corrected chi connectivity index (χ3v) is 5.36. The van der Waals surface area contributed by atoms with Crippen molar-refractivity contribution in [3.63, 3.8) is 0 Å². The van der Waals surface area contributed by atoms with E-state index in [1.807, 2.05) is 48.5 Å². The van der Waals surface area contributed by atoms with Gasteiger partial charge in [-0.25, -0.2) is 9.97 Å². The number of aromatic nitrogens is 3. The van der Waals surface area contributed by atoms with E-state index < -0.39 is 0 Å². The maximum Gasteiger partial charge on any atom is 0.226 e. The lowest BCUT2D eigenvalue weighted by Crippen LogP contribution is -2.05. The summed E-state index contributed by atoms with van der Waals surface area (Å²) in [4.78, 5) is 9.32. The molecule has 4 rings (SSSR count). The number of hydrogen-bond donors (Lipinski definition) is 0. The van der Waals surface area contributed by atoms with Crippen LogP contribution in [0.1, 0.15) is 5.69 Å². The van der Waals surface area contributed by atoms with E-state index in [4.69, 9.17) is 25.7 Å². The molecule has 27 heavy (non-hydrogen) atoms. The fourth-order valence-corrected chi connectivity index (χ4v) is 3.90. The Morgan fingerprint density at radius 3 is 2.81 bits per heavy atom. The van der Waals surface area contributed by atoms with Gasteiger partial charge in [0.15, 0.2) is 5.16 Å². The molecule has 5 nitrogen and oxygen atoms in total. The van der Waals surface area contributed by atoms with Crippen molar-refractivity contribution in [1.29, 1.82) is 0 Å². The van der Waals surface area contributed by atoms with E-state index in [1.54, 1.807) is 25.1 Å². The summed E-state index contributed by atoms with van der Waals surface area (Å²) in [5.41, 5.74) is 3.77. The molecule has 4 aromatic rings. The largest absolute Gasteiger partial charge is 0.444 e. The van der Waals surface area contributed by atoms with Gasteiger partial charge in [-0.1, -0.05) is 41.6 Å². The Bertz CT molecular complexity index is 1050. The molecule has 0 aliphatic heterocycles. The normalized spacial score (nSPS) is 11.3. The van der Waals surface area contributed by atoms with E-state index in [-0.39, 0.29) is 0 Å². The highest BCUT2D eigenvalue weighted by molar-refractivity contribution is 7.98. The summed E-state index contributed by atoms with van der Waals surface area (Å²) in [7, 11) is 1.70. The van der Waals surface area contributed by atoms with Gasteiger partial charge in [-0.2, -0.15) is 0 Å². The first-order valence-electron chi connectivity index (χ1n) is 8.52. The molecule has 0 fully saturated rings. The molecule has 0 spiro atoms. The second-order valence-corrected chi connectivity index (χ2v) is 7.35. The van der Waals surface area contributed by atoms with Crippen molar-refractivity contribution in [2.75, 3.05) is 13.7 Å². The van der Waals surface area contributed by atoms with Crippen LogP contribution in [0, 0.1) is 0 Å². The number of oxazole rings is 1. The number of benzene rings is 2. The molecule has 0 N–H and O–H groups in total. The van der Waals surface area contributed by atoms with E-state index >= 15 is 0 Å². The SMILES string of the molecule is COCCn1c(SCc2coc(-c3ccccc3)n2)nc2cc(Cl)ccc21. The molecule has 0 aliphatic carbocycles. The van der Waals surface area contributed by atoms with Gasteiger partial charge in [-0.15, -0.1) is 0 Å². The van der Waals surface area contributed by atoms with Gasteiger partial charge in [-0.3, -0.25) is 0 Å². The molecule has 0 radical (unpaired) electrons. The smallest absolute Gasteiger partial charge is 0.226 e.